The van der Waals surface area contributed by atoms with Gasteiger partial charge in [0, 0.05) is 12.4 Å². The molecule has 0 bridgehead atoms. The molecule has 2 atom stereocenters. The summed E-state index contributed by atoms with van der Waals surface area (Å²) in [6, 6.07) is 4.08. The molecular formula is C12H19NO. The molecule has 1 aromatic heterocycles. The minimum Gasteiger partial charge on any atom is -0.394 e. The van der Waals surface area contributed by atoms with E-state index in [1.54, 1.807) is 0 Å². The smallest absolute Gasteiger partial charge is 0.0672 e. The molecule has 2 nitrogen and oxygen atoms in total. The number of aromatic nitrogens is 1. The third-order valence-electron chi connectivity index (χ3n) is 3.51. The Kier molecular flexibility index (Phi) is 2.64. The maximum absolute atomic E-state index is 9.61. The van der Waals surface area contributed by atoms with Crippen molar-refractivity contribution in [3.05, 3.63) is 24.5 Å². The van der Waals surface area contributed by atoms with Gasteiger partial charge >= 0.3 is 0 Å². The minimum absolute atomic E-state index is 0.0127. The van der Waals surface area contributed by atoms with Crippen LogP contribution in [-0.4, -0.2) is 16.3 Å². The molecule has 0 amide bonds. The predicted molar refractivity (Wildman–Crippen MR) is 57.1 cm³/mol. The second-order valence-electron chi connectivity index (χ2n) is 4.67. The van der Waals surface area contributed by atoms with E-state index >= 15 is 0 Å². The summed E-state index contributed by atoms with van der Waals surface area (Å²) in [6.45, 7) is 2.55. The van der Waals surface area contributed by atoms with Crippen LogP contribution in [0.2, 0.25) is 0 Å². The van der Waals surface area contributed by atoms with Crippen LogP contribution in [0.4, 0.5) is 0 Å². The van der Waals surface area contributed by atoms with Gasteiger partial charge in [-0.25, -0.2) is 0 Å². The lowest BCUT2D eigenvalue weighted by molar-refractivity contribution is 0.0700. The molecule has 2 heteroatoms. The van der Waals surface area contributed by atoms with Crippen LogP contribution >= 0.6 is 0 Å². The van der Waals surface area contributed by atoms with E-state index in [9.17, 15) is 5.11 Å². The average Bonchev–Trinajstić information content (AvgIpc) is 2.71. The molecule has 2 unspecified atom stereocenters. The van der Waals surface area contributed by atoms with Crippen LogP contribution < -0.4 is 0 Å². The van der Waals surface area contributed by atoms with E-state index in [2.05, 4.69) is 23.9 Å². The van der Waals surface area contributed by atoms with Gasteiger partial charge in [-0.3, -0.25) is 0 Å². The Balaban J connectivity index is 2.25. The lowest BCUT2D eigenvalue weighted by atomic mass is 9.76. The highest BCUT2D eigenvalue weighted by molar-refractivity contribution is 5.00. The molecule has 1 N–H and O–H groups in total. The van der Waals surface area contributed by atoms with Gasteiger partial charge < -0.3 is 9.67 Å². The fourth-order valence-corrected chi connectivity index (χ4v) is 2.74. The Morgan fingerprint density at radius 2 is 2.14 bits per heavy atom. The molecule has 0 aromatic carbocycles. The SMILES string of the molecule is CC1CCCC(CO)(n2cccc2)C1. The molecule has 0 saturated heterocycles. The van der Waals surface area contributed by atoms with Crippen LogP contribution in [-0.2, 0) is 5.54 Å². The van der Waals surface area contributed by atoms with Gasteiger partial charge in [-0.2, -0.15) is 0 Å². The largest absolute Gasteiger partial charge is 0.394 e. The van der Waals surface area contributed by atoms with Gasteiger partial charge in [0.25, 0.3) is 0 Å². The standard InChI is InChI=1S/C12H19NO/c1-11-5-4-6-12(9-11,10-14)13-7-2-3-8-13/h2-3,7-8,11,14H,4-6,9-10H2,1H3. The van der Waals surface area contributed by atoms with E-state index < -0.39 is 0 Å². The first-order valence-corrected chi connectivity index (χ1v) is 5.51. The first kappa shape index (κ1) is 9.78. The van der Waals surface area contributed by atoms with E-state index in [0.717, 1.165) is 18.8 Å². The molecule has 1 fully saturated rings. The van der Waals surface area contributed by atoms with Crippen molar-refractivity contribution < 1.29 is 5.11 Å². The van der Waals surface area contributed by atoms with Crippen LogP contribution in [0.25, 0.3) is 0 Å². The summed E-state index contributed by atoms with van der Waals surface area (Å²) in [4.78, 5) is 0. The van der Waals surface area contributed by atoms with Crippen molar-refractivity contribution in [1.29, 1.82) is 0 Å². The second-order valence-corrected chi connectivity index (χ2v) is 4.67. The number of hydrogen-bond acceptors (Lipinski definition) is 1. The van der Waals surface area contributed by atoms with Crippen LogP contribution in [0, 0.1) is 5.92 Å². The van der Waals surface area contributed by atoms with Crippen molar-refractivity contribution in [2.75, 3.05) is 6.61 Å². The summed E-state index contributed by atoms with van der Waals surface area (Å²) < 4.78 is 2.20. The van der Waals surface area contributed by atoms with Crippen molar-refractivity contribution in [2.24, 2.45) is 5.92 Å². The Bertz CT molecular complexity index is 281. The summed E-state index contributed by atoms with van der Waals surface area (Å²) in [5, 5.41) is 9.61. The lowest BCUT2D eigenvalue weighted by Gasteiger charge is -2.40. The molecule has 0 spiro atoms. The van der Waals surface area contributed by atoms with Crippen LogP contribution in [0.15, 0.2) is 24.5 Å². The van der Waals surface area contributed by atoms with Gasteiger partial charge in [-0.15, -0.1) is 0 Å². The molecule has 1 aromatic rings. The fourth-order valence-electron chi connectivity index (χ4n) is 2.74. The fraction of sp³-hybridized carbons (Fsp3) is 0.667. The summed E-state index contributed by atoms with van der Waals surface area (Å²) in [5.74, 6) is 0.735. The van der Waals surface area contributed by atoms with Gasteiger partial charge in [0.2, 0.25) is 0 Å². The number of aliphatic hydroxyl groups is 1. The van der Waals surface area contributed by atoms with Gasteiger partial charge in [0.15, 0.2) is 0 Å². The van der Waals surface area contributed by atoms with Crippen LogP contribution in [0.3, 0.4) is 0 Å². The lowest BCUT2D eigenvalue weighted by Crippen LogP contribution is -2.40. The topological polar surface area (TPSA) is 25.2 Å². The first-order chi connectivity index (χ1) is 6.77. The Labute approximate surface area is 85.6 Å². The molecule has 0 radical (unpaired) electrons. The van der Waals surface area contributed by atoms with Crippen molar-refractivity contribution in [2.45, 2.75) is 38.1 Å². The van der Waals surface area contributed by atoms with Crippen molar-refractivity contribution in [3.8, 4) is 0 Å². The molecule has 14 heavy (non-hydrogen) atoms. The van der Waals surface area contributed by atoms with Gasteiger partial charge in [-0.1, -0.05) is 19.8 Å². The number of hydrogen-bond donors (Lipinski definition) is 1. The van der Waals surface area contributed by atoms with E-state index in [4.69, 9.17) is 0 Å². The van der Waals surface area contributed by atoms with E-state index in [-0.39, 0.29) is 12.1 Å². The first-order valence-electron chi connectivity index (χ1n) is 5.51. The summed E-state index contributed by atoms with van der Waals surface area (Å²) in [6.07, 6.45) is 8.92. The van der Waals surface area contributed by atoms with E-state index in [1.807, 2.05) is 12.1 Å². The Morgan fingerprint density at radius 1 is 1.43 bits per heavy atom. The second kappa shape index (κ2) is 3.77. The minimum atomic E-state index is -0.0127. The van der Waals surface area contributed by atoms with Crippen molar-refractivity contribution in [3.63, 3.8) is 0 Å². The Morgan fingerprint density at radius 3 is 2.71 bits per heavy atom. The maximum atomic E-state index is 9.61. The zero-order chi connectivity index (χ0) is 10.0. The van der Waals surface area contributed by atoms with E-state index in [1.165, 1.54) is 12.8 Å². The van der Waals surface area contributed by atoms with Gasteiger partial charge in [-0.05, 0) is 30.9 Å². The van der Waals surface area contributed by atoms with Crippen molar-refractivity contribution >= 4 is 0 Å². The maximum Gasteiger partial charge on any atom is 0.0672 e. The zero-order valence-corrected chi connectivity index (χ0v) is 8.82. The zero-order valence-electron chi connectivity index (χ0n) is 8.82. The van der Waals surface area contributed by atoms with Crippen LogP contribution in [0.1, 0.15) is 32.6 Å². The van der Waals surface area contributed by atoms with Gasteiger partial charge in [0.1, 0.15) is 0 Å². The number of rotatable bonds is 2. The number of nitrogens with zero attached hydrogens (tertiary/aromatic N) is 1. The molecule has 1 heterocycles. The molecule has 1 saturated carbocycles. The van der Waals surface area contributed by atoms with Gasteiger partial charge in [0.05, 0.1) is 12.1 Å². The monoisotopic (exact) mass is 193 g/mol. The third-order valence-corrected chi connectivity index (χ3v) is 3.51. The molecule has 78 valence electrons. The van der Waals surface area contributed by atoms with E-state index in [0.29, 0.717) is 0 Å². The summed E-state index contributed by atoms with van der Waals surface area (Å²) in [7, 11) is 0. The molecule has 1 aliphatic rings. The quantitative estimate of drug-likeness (QED) is 0.766. The highest BCUT2D eigenvalue weighted by Crippen LogP contribution is 2.37. The highest BCUT2D eigenvalue weighted by atomic mass is 16.3. The van der Waals surface area contributed by atoms with Crippen LogP contribution in [0.5, 0.6) is 0 Å². The molecule has 2 rings (SSSR count). The Hall–Kier alpha value is -0.760. The molecular weight excluding hydrogens is 174 g/mol. The summed E-state index contributed by atoms with van der Waals surface area (Å²) >= 11 is 0. The average molecular weight is 193 g/mol. The number of aliphatic hydroxyl groups excluding tert-OH is 1. The predicted octanol–water partition coefficient (Wildman–Crippen LogP) is 2.39. The molecule has 1 aliphatic carbocycles. The molecule has 0 aliphatic heterocycles. The van der Waals surface area contributed by atoms with Crippen molar-refractivity contribution in [1.82, 2.24) is 4.57 Å². The normalized spacial score (nSPS) is 33.1. The highest BCUT2D eigenvalue weighted by Gasteiger charge is 2.35. The summed E-state index contributed by atoms with van der Waals surface area (Å²) in [5.41, 5.74) is -0.0127. The third kappa shape index (κ3) is 1.59.